The summed E-state index contributed by atoms with van der Waals surface area (Å²) in [5.74, 6) is -0.445. The van der Waals surface area contributed by atoms with Crippen molar-refractivity contribution in [1.29, 1.82) is 0 Å². The second-order valence-corrected chi connectivity index (χ2v) is 5.73. The minimum Gasteiger partial charge on any atom is -0.383 e. The molecule has 2 rings (SSSR count). The maximum Gasteiger partial charge on any atom is 0.271 e. The van der Waals surface area contributed by atoms with Crippen LogP contribution in [-0.4, -0.2) is 15.8 Å². The first-order valence-electron chi connectivity index (χ1n) is 5.55. The SMILES string of the molecule is Nc1ncc(Br)cc1C(=O)Nc1cc([N+](=O)[O-])ccc1Br. The molecule has 1 aromatic heterocycles. The molecule has 0 saturated carbocycles. The zero-order chi connectivity index (χ0) is 15.6. The molecular formula is C12H8Br2N4O3. The molecule has 0 atom stereocenters. The second-order valence-electron chi connectivity index (χ2n) is 3.96. The van der Waals surface area contributed by atoms with E-state index in [1.807, 2.05) is 0 Å². The Morgan fingerprint density at radius 1 is 1.33 bits per heavy atom. The quantitative estimate of drug-likeness (QED) is 0.589. The third kappa shape index (κ3) is 3.56. The molecule has 1 amide bonds. The highest BCUT2D eigenvalue weighted by atomic mass is 79.9. The molecule has 0 spiro atoms. The van der Waals surface area contributed by atoms with E-state index in [1.165, 1.54) is 30.5 Å². The summed E-state index contributed by atoms with van der Waals surface area (Å²) in [7, 11) is 0. The van der Waals surface area contributed by atoms with Gasteiger partial charge < -0.3 is 11.1 Å². The summed E-state index contributed by atoms with van der Waals surface area (Å²) in [6.45, 7) is 0. The maximum atomic E-state index is 12.2. The number of nitrogens with two attached hydrogens (primary N) is 1. The number of amides is 1. The van der Waals surface area contributed by atoms with E-state index in [2.05, 4.69) is 42.2 Å². The predicted octanol–water partition coefficient (Wildman–Crippen LogP) is 3.35. The number of nitrogen functional groups attached to an aromatic ring is 1. The van der Waals surface area contributed by atoms with E-state index in [9.17, 15) is 14.9 Å². The molecule has 9 heteroatoms. The van der Waals surface area contributed by atoms with Gasteiger partial charge in [0.15, 0.2) is 0 Å². The number of carbonyl (C=O) groups excluding carboxylic acids is 1. The van der Waals surface area contributed by atoms with Crippen LogP contribution in [0.1, 0.15) is 10.4 Å². The van der Waals surface area contributed by atoms with E-state index in [1.54, 1.807) is 0 Å². The van der Waals surface area contributed by atoms with Gasteiger partial charge in [-0.15, -0.1) is 0 Å². The number of nitrogens with one attached hydrogen (secondary N) is 1. The van der Waals surface area contributed by atoms with Crippen molar-refractivity contribution in [2.45, 2.75) is 0 Å². The first-order valence-corrected chi connectivity index (χ1v) is 7.13. The van der Waals surface area contributed by atoms with Crippen LogP contribution in [0, 0.1) is 10.1 Å². The summed E-state index contributed by atoms with van der Waals surface area (Å²) in [6.07, 6.45) is 1.47. The van der Waals surface area contributed by atoms with Crippen LogP contribution in [0.5, 0.6) is 0 Å². The standard InChI is InChI=1S/C12H8Br2N4O3/c13-6-3-8(11(15)16-5-6)12(19)17-10-4-7(18(20)21)1-2-9(10)14/h1-5H,(H2,15,16)(H,17,19). The van der Waals surface area contributed by atoms with Crippen LogP contribution in [0.15, 0.2) is 39.4 Å². The van der Waals surface area contributed by atoms with E-state index in [0.717, 1.165) is 0 Å². The van der Waals surface area contributed by atoms with E-state index in [-0.39, 0.29) is 22.8 Å². The van der Waals surface area contributed by atoms with Crippen LogP contribution in [-0.2, 0) is 0 Å². The Morgan fingerprint density at radius 3 is 2.71 bits per heavy atom. The molecule has 7 nitrogen and oxygen atoms in total. The third-order valence-electron chi connectivity index (χ3n) is 2.54. The van der Waals surface area contributed by atoms with Gasteiger partial charge in [-0.05, 0) is 44.0 Å². The molecule has 3 N–H and O–H groups in total. The summed E-state index contributed by atoms with van der Waals surface area (Å²) in [6, 6.07) is 5.58. The summed E-state index contributed by atoms with van der Waals surface area (Å²) < 4.78 is 1.11. The summed E-state index contributed by atoms with van der Waals surface area (Å²) in [5.41, 5.74) is 5.96. The molecule has 0 saturated heterocycles. The number of anilines is 2. The van der Waals surface area contributed by atoms with Gasteiger partial charge in [-0.25, -0.2) is 4.98 Å². The molecule has 1 heterocycles. The van der Waals surface area contributed by atoms with Crippen LogP contribution in [0.25, 0.3) is 0 Å². The lowest BCUT2D eigenvalue weighted by Crippen LogP contribution is -2.15. The Hall–Kier alpha value is -2.00. The average Bonchev–Trinajstić information content (AvgIpc) is 2.43. The number of halogens is 2. The number of nitrogens with zero attached hydrogens (tertiary/aromatic N) is 2. The van der Waals surface area contributed by atoms with Gasteiger partial charge in [0.25, 0.3) is 11.6 Å². The molecule has 21 heavy (non-hydrogen) atoms. The molecule has 0 bridgehead atoms. The van der Waals surface area contributed by atoms with Crippen molar-refractivity contribution in [2.24, 2.45) is 0 Å². The molecule has 108 valence electrons. The van der Waals surface area contributed by atoms with E-state index in [0.29, 0.717) is 8.95 Å². The van der Waals surface area contributed by atoms with Gasteiger partial charge in [-0.2, -0.15) is 0 Å². The first-order chi connectivity index (χ1) is 9.88. The zero-order valence-electron chi connectivity index (χ0n) is 10.3. The van der Waals surface area contributed by atoms with Gasteiger partial charge in [-0.3, -0.25) is 14.9 Å². The smallest absolute Gasteiger partial charge is 0.271 e. The number of rotatable bonds is 3. The second kappa shape index (κ2) is 6.19. The Labute approximate surface area is 136 Å². The molecule has 0 unspecified atom stereocenters. The Kier molecular flexibility index (Phi) is 4.53. The zero-order valence-corrected chi connectivity index (χ0v) is 13.5. The van der Waals surface area contributed by atoms with Crippen molar-refractivity contribution in [2.75, 3.05) is 11.1 Å². The highest BCUT2D eigenvalue weighted by molar-refractivity contribution is 9.10. The van der Waals surface area contributed by atoms with E-state index < -0.39 is 10.8 Å². The van der Waals surface area contributed by atoms with Gasteiger partial charge in [-0.1, -0.05) is 0 Å². The molecular weight excluding hydrogens is 408 g/mol. The number of non-ortho nitro benzene ring substituents is 1. The van der Waals surface area contributed by atoms with Gasteiger partial charge in [0, 0.05) is 27.3 Å². The molecule has 0 radical (unpaired) electrons. The summed E-state index contributed by atoms with van der Waals surface area (Å²) in [5, 5.41) is 13.3. The van der Waals surface area contributed by atoms with Crippen LogP contribution in [0.2, 0.25) is 0 Å². The van der Waals surface area contributed by atoms with Crippen molar-refractivity contribution in [3.63, 3.8) is 0 Å². The lowest BCUT2D eigenvalue weighted by molar-refractivity contribution is -0.384. The highest BCUT2D eigenvalue weighted by Gasteiger charge is 2.15. The lowest BCUT2D eigenvalue weighted by atomic mass is 10.2. The number of aromatic nitrogens is 1. The minimum atomic E-state index is -0.545. The van der Waals surface area contributed by atoms with Crippen LogP contribution in [0.3, 0.4) is 0 Å². The number of hydrogen-bond donors (Lipinski definition) is 2. The number of nitro benzene ring substituents is 1. The normalized spacial score (nSPS) is 10.2. The fraction of sp³-hybridized carbons (Fsp3) is 0. The van der Waals surface area contributed by atoms with Gasteiger partial charge in [0.1, 0.15) is 5.82 Å². The Balaban J connectivity index is 2.33. The van der Waals surface area contributed by atoms with Gasteiger partial charge >= 0.3 is 0 Å². The number of carbonyl (C=O) groups is 1. The van der Waals surface area contributed by atoms with Crippen molar-refractivity contribution < 1.29 is 9.72 Å². The molecule has 1 aromatic carbocycles. The van der Waals surface area contributed by atoms with E-state index >= 15 is 0 Å². The fourth-order valence-electron chi connectivity index (χ4n) is 1.54. The average molecular weight is 416 g/mol. The Morgan fingerprint density at radius 2 is 2.05 bits per heavy atom. The third-order valence-corrected chi connectivity index (χ3v) is 3.66. The topological polar surface area (TPSA) is 111 Å². The number of nitro groups is 1. The monoisotopic (exact) mass is 414 g/mol. The van der Waals surface area contributed by atoms with Crippen LogP contribution >= 0.6 is 31.9 Å². The molecule has 0 aliphatic rings. The van der Waals surface area contributed by atoms with Crippen molar-refractivity contribution >= 4 is 55.0 Å². The summed E-state index contributed by atoms with van der Waals surface area (Å²) >= 11 is 6.42. The van der Waals surface area contributed by atoms with Crippen molar-refractivity contribution in [1.82, 2.24) is 4.98 Å². The van der Waals surface area contributed by atoms with Crippen LogP contribution in [0.4, 0.5) is 17.2 Å². The largest absolute Gasteiger partial charge is 0.383 e. The van der Waals surface area contributed by atoms with Gasteiger partial charge in [0.05, 0.1) is 16.2 Å². The Bertz CT molecular complexity index is 736. The molecule has 2 aromatic rings. The molecule has 0 aliphatic heterocycles. The van der Waals surface area contributed by atoms with Crippen LogP contribution < -0.4 is 11.1 Å². The fourth-order valence-corrected chi connectivity index (χ4v) is 2.22. The minimum absolute atomic E-state index is 0.0669. The summed E-state index contributed by atoms with van der Waals surface area (Å²) in [4.78, 5) is 26.3. The highest BCUT2D eigenvalue weighted by Crippen LogP contribution is 2.28. The van der Waals surface area contributed by atoms with Crippen molar-refractivity contribution in [3.05, 3.63) is 55.1 Å². The van der Waals surface area contributed by atoms with E-state index in [4.69, 9.17) is 5.73 Å². The first kappa shape index (κ1) is 15.4. The number of pyridine rings is 1. The number of hydrogen-bond acceptors (Lipinski definition) is 5. The van der Waals surface area contributed by atoms with Gasteiger partial charge in [0.2, 0.25) is 0 Å². The predicted molar refractivity (Wildman–Crippen MR) is 85.1 cm³/mol. The maximum absolute atomic E-state index is 12.2. The molecule has 0 aliphatic carbocycles. The lowest BCUT2D eigenvalue weighted by Gasteiger charge is -2.09. The van der Waals surface area contributed by atoms with Crippen molar-refractivity contribution in [3.8, 4) is 0 Å². The number of benzene rings is 1. The molecule has 0 fully saturated rings.